The van der Waals surface area contributed by atoms with Crippen LogP contribution in [0, 0.1) is 5.41 Å². The van der Waals surface area contributed by atoms with Gasteiger partial charge in [0, 0.05) is 47.6 Å². The van der Waals surface area contributed by atoms with Crippen molar-refractivity contribution >= 4 is 32.9 Å². The summed E-state index contributed by atoms with van der Waals surface area (Å²) >= 11 is 0. The normalized spacial score (nSPS) is 20.8. The predicted octanol–water partition coefficient (Wildman–Crippen LogP) is 5.86. The van der Waals surface area contributed by atoms with Crippen LogP contribution in [-0.2, 0) is 21.5 Å². The van der Waals surface area contributed by atoms with Crippen LogP contribution in [0.4, 0.5) is 0 Å². The lowest BCUT2D eigenvalue weighted by Gasteiger charge is -2.32. The second-order valence-electron chi connectivity index (χ2n) is 11.7. The lowest BCUT2D eigenvalue weighted by molar-refractivity contribution is -0.128. The van der Waals surface area contributed by atoms with Crippen LogP contribution in [-0.4, -0.2) is 50.3 Å². The van der Waals surface area contributed by atoms with E-state index in [-0.39, 0.29) is 23.9 Å². The number of aromatic nitrogens is 1. The molecule has 1 aliphatic heterocycles. The molecule has 2 unspecified atom stereocenters. The molecule has 222 valence electrons. The summed E-state index contributed by atoms with van der Waals surface area (Å²) in [5.41, 5.74) is 13.0. The maximum absolute atomic E-state index is 13.5. The highest BCUT2D eigenvalue weighted by Gasteiger charge is 2.44. The Morgan fingerprint density at radius 1 is 1.14 bits per heavy atom. The minimum absolute atomic E-state index is 0.179. The summed E-state index contributed by atoms with van der Waals surface area (Å²) in [7, 11) is 0.287. The van der Waals surface area contributed by atoms with Crippen molar-refractivity contribution in [1.82, 2.24) is 13.6 Å². The van der Waals surface area contributed by atoms with Crippen LogP contribution in [0.1, 0.15) is 79.3 Å². The minimum atomic E-state index is -4.00. The first kappa shape index (κ1) is 29.6. The third-order valence-corrected chi connectivity index (χ3v) is 10.5. The standard InChI is InChI=1S/C30H36N6O5S/c1-18-24-16-21(41-5)12-14-22(24)27-26(19-9-7-6-8-10-19)23-13-11-20(28(37)33-42(39,40)35(3)4)15-25(23)36(27)17-30(18,2)29(38)32-34-31/h11-16,18-19H,6-10,17H2,1-5H3,(H,33,37). The molecule has 5 rings (SSSR count). The van der Waals surface area contributed by atoms with E-state index in [0.717, 1.165) is 63.3 Å². The Hall–Kier alpha value is -3.86. The number of nitrogens with one attached hydrogen (secondary N) is 1. The Balaban J connectivity index is 1.83. The summed E-state index contributed by atoms with van der Waals surface area (Å²) in [6.07, 6.45) is 5.44. The molecule has 11 nitrogen and oxygen atoms in total. The first-order chi connectivity index (χ1) is 19.9. The maximum atomic E-state index is 13.5. The molecule has 42 heavy (non-hydrogen) atoms. The average Bonchev–Trinajstić information content (AvgIpc) is 3.24. The van der Waals surface area contributed by atoms with E-state index in [4.69, 9.17) is 4.74 Å². The highest BCUT2D eigenvalue weighted by Crippen LogP contribution is 2.52. The first-order valence-electron chi connectivity index (χ1n) is 14.1. The quantitative estimate of drug-likeness (QED) is 0.216. The number of methoxy groups -OCH3 is 1. The van der Waals surface area contributed by atoms with Gasteiger partial charge in [-0.05, 0) is 76.8 Å². The summed E-state index contributed by atoms with van der Waals surface area (Å²) in [5, 5.41) is 4.50. The molecular weight excluding hydrogens is 556 g/mol. The lowest BCUT2D eigenvalue weighted by Crippen LogP contribution is -2.39. The van der Waals surface area contributed by atoms with Crippen molar-refractivity contribution in [2.45, 2.75) is 64.3 Å². The van der Waals surface area contributed by atoms with Gasteiger partial charge in [0.05, 0.1) is 18.2 Å². The maximum Gasteiger partial charge on any atom is 0.303 e. The highest BCUT2D eigenvalue weighted by molar-refractivity contribution is 7.87. The second-order valence-corrected chi connectivity index (χ2v) is 13.6. The molecule has 3 aromatic rings. The number of fused-ring (bicyclic) bond motifs is 5. The van der Waals surface area contributed by atoms with Crippen molar-refractivity contribution < 1.29 is 22.7 Å². The number of carbonyl (C=O) groups is 2. The van der Waals surface area contributed by atoms with Gasteiger partial charge in [0.25, 0.3) is 5.91 Å². The zero-order chi connectivity index (χ0) is 30.4. The molecule has 0 bridgehead atoms. The zero-order valence-corrected chi connectivity index (χ0v) is 25.4. The fourth-order valence-corrected chi connectivity index (χ4v) is 7.04. The predicted molar refractivity (Wildman–Crippen MR) is 160 cm³/mol. The van der Waals surface area contributed by atoms with Crippen molar-refractivity contribution in [3.63, 3.8) is 0 Å². The topological polar surface area (TPSA) is 146 Å². The van der Waals surface area contributed by atoms with Gasteiger partial charge in [-0.1, -0.05) is 39.2 Å². The Morgan fingerprint density at radius 3 is 2.50 bits per heavy atom. The summed E-state index contributed by atoms with van der Waals surface area (Å²) in [6.45, 7) is 3.96. The zero-order valence-electron chi connectivity index (χ0n) is 24.5. The average molecular weight is 593 g/mol. The van der Waals surface area contributed by atoms with E-state index in [9.17, 15) is 23.5 Å². The number of nitrogens with zero attached hydrogens (tertiary/aromatic N) is 5. The van der Waals surface area contributed by atoms with Gasteiger partial charge >= 0.3 is 10.2 Å². The van der Waals surface area contributed by atoms with Crippen molar-refractivity contribution in [1.29, 1.82) is 0 Å². The molecule has 1 fully saturated rings. The molecule has 0 spiro atoms. The van der Waals surface area contributed by atoms with E-state index >= 15 is 0 Å². The van der Waals surface area contributed by atoms with E-state index in [1.54, 1.807) is 26.2 Å². The van der Waals surface area contributed by atoms with Gasteiger partial charge in [0.1, 0.15) is 5.75 Å². The fraction of sp³-hybridized carbons (Fsp3) is 0.467. The Bertz CT molecular complexity index is 1730. The Morgan fingerprint density at radius 2 is 1.86 bits per heavy atom. The number of amides is 2. The van der Waals surface area contributed by atoms with Crippen molar-refractivity contribution in [3.05, 3.63) is 63.5 Å². The lowest BCUT2D eigenvalue weighted by atomic mass is 9.72. The molecule has 12 heteroatoms. The number of hydrogen-bond acceptors (Lipinski definition) is 5. The summed E-state index contributed by atoms with van der Waals surface area (Å²) < 4.78 is 35.5. The van der Waals surface area contributed by atoms with Crippen molar-refractivity contribution in [3.8, 4) is 17.0 Å². The number of benzene rings is 2. The molecule has 0 saturated heterocycles. The number of rotatable bonds is 6. The van der Waals surface area contributed by atoms with E-state index in [1.165, 1.54) is 20.5 Å². The van der Waals surface area contributed by atoms with E-state index in [0.29, 0.717) is 5.75 Å². The molecule has 1 aromatic heterocycles. The molecule has 2 aliphatic rings. The van der Waals surface area contributed by atoms with E-state index in [2.05, 4.69) is 19.3 Å². The molecule has 2 aromatic carbocycles. The van der Waals surface area contributed by atoms with Crippen LogP contribution < -0.4 is 9.46 Å². The molecule has 2 heterocycles. The molecule has 0 radical (unpaired) electrons. The number of azide groups is 1. The molecular formula is C30H36N6O5S. The number of carbonyl (C=O) groups excluding carboxylic acids is 2. The van der Waals surface area contributed by atoms with Crippen LogP contribution >= 0.6 is 0 Å². The van der Waals surface area contributed by atoms with Gasteiger partial charge in [-0.15, -0.1) is 0 Å². The smallest absolute Gasteiger partial charge is 0.303 e. The van der Waals surface area contributed by atoms with Crippen LogP contribution in [0.15, 0.2) is 41.5 Å². The van der Waals surface area contributed by atoms with E-state index in [1.807, 2.05) is 31.2 Å². The van der Waals surface area contributed by atoms with Gasteiger partial charge in [-0.3, -0.25) is 9.59 Å². The fourth-order valence-electron chi connectivity index (χ4n) is 6.50. The highest BCUT2D eigenvalue weighted by atomic mass is 32.2. The van der Waals surface area contributed by atoms with Crippen molar-refractivity contribution in [2.75, 3.05) is 21.2 Å². The van der Waals surface area contributed by atoms with Crippen LogP contribution in [0.2, 0.25) is 0 Å². The molecule has 1 saturated carbocycles. The molecule has 1 aliphatic carbocycles. The van der Waals surface area contributed by atoms with Gasteiger partial charge in [0.15, 0.2) is 0 Å². The number of ether oxygens (including phenoxy) is 1. The van der Waals surface area contributed by atoms with Gasteiger partial charge in [-0.2, -0.15) is 12.7 Å². The summed E-state index contributed by atoms with van der Waals surface area (Å²) in [4.78, 5) is 29.5. The number of hydrogen-bond donors (Lipinski definition) is 1. The molecule has 1 N–H and O–H groups in total. The third kappa shape index (κ3) is 4.93. The minimum Gasteiger partial charge on any atom is -0.497 e. The summed E-state index contributed by atoms with van der Waals surface area (Å²) in [5.74, 6) is -0.740. The van der Waals surface area contributed by atoms with E-state index < -0.39 is 27.4 Å². The van der Waals surface area contributed by atoms with Crippen LogP contribution in [0.3, 0.4) is 0 Å². The van der Waals surface area contributed by atoms with Crippen molar-refractivity contribution in [2.24, 2.45) is 10.5 Å². The largest absolute Gasteiger partial charge is 0.497 e. The Kier molecular flexibility index (Phi) is 7.82. The van der Waals surface area contributed by atoms with Crippen LogP contribution in [0.25, 0.3) is 32.6 Å². The third-order valence-electron chi connectivity index (χ3n) is 9.13. The SMILES string of the molecule is COc1ccc2c(c1)C(C)C(C)(C(=O)N=[N+]=[N-])Cn1c-2c(C2CCCCC2)c2ccc(C(=O)NS(=O)(=O)N(C)C)cc21. The Labute approximate surface area is 245 Å². The molecule has 2 amide bonds. The molecule has 2 atom stereocenters. The first-order valence-corrected chi connectivity index (χ1v) is 15.6. The van der Waals surface area contributed by atoms with Gasteiger partial charge < -0.3 is 9.30 Å². The van der Waals surface area contributed by atoms with Gasteiger partial charge in [-0.25, -0.2) is 4.72 Å². The second kappa shape index (κ2) is 11.1. The van der Waals surface area contributed by atoms with Gasteiger partial charge in [0.2, 0.25) is 5.91 Å². The van der Waals surface area contributed by atoms with Crippen LogP contribution in [0.5, 0.6) is 5.75 Å². The summed E-state index contributed by atoms with van der Waals surface area (Å²) in [6, 6.07) is 11.1. The monoisotopic (exact) mass is 592 g/mol.